The van der Waals surface area contributed by atoms with Crippen LogP contribution in [0.15, 0.2) is 28.7 Å². The first kappa shape index (κ1) is 11.0. The van der Waals surface area contributed by atoms with Gasteiger partial charge in [-0.3, -0.25) is 4.79 Å². The quantitative estimate of drug-likeness (QED) is 0.887. The number of hydrogen-bond acceptors (Lipinski definition) is 1. The van der Waals surface area contributed by atoms with E-state index in [4.69, 9.17) is 0 Å². The molecule has 1 N–H and O–H groups in total. The van der Waals surface area contributed by atoms with Crippen molar-refractivity contribution >= 4 is 27.5 Å². The lowest BCUT2D eigenvalue weighted by Crippen LogP contribution is -2.18. The lowest BCUT2D eigenvalue weighted by atomic mass is 10.0. The summed E-state index contributed by atoms with van der Waals surface area (Å²) in [6.45, 7) is 0. The molecule has 94 valence electrons. The maximum absolute atomic E-state index is 12.3. The third-order valence-corrected chi connectivity index (χ3v) is 5.86. The second kappa shape index (κ2) is 3.83. The molecule has 18 heavy (non-hydrogen) atoms. The van der Waals surface area contributed by atoms with Crippen LogP contribution < -0.4 is 5.32 Å². The van der Waals surface area contributed by atoms with Gasteiger partial charge in [0.15, 0.2) is 0 Å². The predicted octanol–water partition coefficient (Wildman–Crippen LogP) is 3.68. The van der Waals surface area contributed by atoms with Gasteiger partial charge in [-0.05, 0) is 71.0 Å². The Labute approximate surface area is 115 Å². The van der Waals surface area contributed by atoms with Crippen molar-refractivity contribution in [3.63, 3.8) is 0 Å². The molecule has 3 fully saturated rings. The van der Waals surface area contributed by atoms with E-state index in [2.05, 4.69) is 21.2 Å². The van der Waals surface area contributed by atoms with Crippen LogP contribution in [-0.4, -0.2) is 5.91 Å². The standard InChI is InChI=1S/C15H16BrNO/c16-10-3-1-2-4-11(10)17-15(18)14-12-8-5-6-9(7-8)13(12)14/h1-4,8-9,12-14H,5-7H2,(H,17,18)/t8-,9-,12-,13+,14?/m0/s1. The van der Waals surface area contributed by atoms with Crippen LogP contribution in [0.25, 0.3) is 0 Å². The normalized spacial score (nSPS) is 39.5. The zero-order valence-corrected chi connectivity index (χ0v) is 11.7. The maximum atomic E-state index is 12.3. The summed E-state index contributed by atoms with van der Waals surface area (Å²) in [4.78, 5) is 12.3. The molecule has 0 aromatic heterocycles. The monoisotopic (exact) mass is 305 g/mol. The molecule has 0 spiro atoms. The Morgan fingerprint density at radius 3 is 2.50 bits per heavy atom. The van der Waals surface area contributed by atoms with Crippen LogP contribution in [0.1, 0.15) is 19.3 Å². The Bertz CT molecular complexity index is 499. The van der Waals surface area contributed by atoms with Crippen LogP contribution in [0.2, 0.25) is 0 Å². The molecular weight excluding hydrogens is 290 g/mol. The number of nitrogens with one attached hydrogen (secondary N) is 1. The topological polar surface area (TPSA) is 29.1 Å². The van der Waals surface area contributed by atoms with Gasteiger partial charge < -0.3 is 5.32 Å². The highest BCUT2D eigenvalue weighted by molar-refractivity contribution is 9.10. The van der Waals surface area contributed by atoms with Crippen molar-refractivity contribution in [1.82, 2.24) is 0 Å². The highest BCUT2D eigenvalue weighted by Gasteiger charge is 2.67. The molecule has 3 heteroatoms. The molecule has 2 nitrogen and oxygen atoms in total. The predicted molar refractivity (Wildman–Crippen MR) is 74.1 cm³/mol. The van der Waals surface area contributed by atoms with Gasteiger partial charge in [-0.2, -0.15) is 0 Å². The van der Waals surface area contributed by atoms with Crippen molar-refractivity contribution in [3.05, 3.63) is 28.7 Å². The summed E-state index contributed by atoms with van der Waals surface area (Å²) in [7, 11) is 0. The number of para-hydroxylation sites is 1. The number of carbonyl (C=O) groups is 1. The Balaban J connectivity index is 1.48. The number of hydrogen-bond donors (Lipinski definition) is 1. The summed E-state index contributed by atoms with van der Waals surface area (Å²) in [6.07, 6.45) is 4.13. The number of carbonyl (C=O) groups excluding carboxylic acids is 1. The van der Waals surface area contributed by atoms with Crippen LogP contribution in [0.5, 0.6) is 0 Å². The second-order valence-electron chi connectivity index (χ2n) is 5.98. The zero-order valence-electron chi connectivity index (χ0n) is 10.1. The maximum Gasteiger partial charge on any atom is 0.228 e. The average Bonchev–Trinajstić information content (AvgIpc) is 2.82. The van der Waals surface area contributed by atoms with Gasteiger partial charge in [0.2, 0.25) is 5.91 Å². The molecule has 0 heterocycles. The molecular formula is C15H16BrNO. The van der Waals surface area contributed by atoms with E-state index in [1.807, 2.05) is 24.3 Å². The number of rotatable bonds is 2. The first-order valence-electron chi connectivity index (χ1n) is 6.81. The van der Waals surface area contributed by atoms with Crippen LogP contribution in [0, 0.1) is 29.6 Å². The molecule has 3 aliphatic rings. The van der Waals surface area contributed by atoms with E-state index in [1.54, 1.807) is 0 Å². The number of anilines is 1. The van der Waals surface area contributed by atoms with Crippen LogP contribution in [-0.2, 0) is 4.79 Å². The van der Waals surface area contributed by atoms with Crippen molar-refractivity contribution in [1.29, 1.82) is 0 Å². The molecule has 5 atom stereocenters. The summed E-state index contributed by atoms with van der Waals surface area (Å²) in [5.41, 5.74) is 0.903. The second-order valence-corrected chi connectivity index (χ2v) is 6.84. The molecule has 3 aliphatic carbocycles. The van der Waals surface area contributed by atoms with E-state index in [0.717, 1.165) is 22.0 Å². The SMILES string of the molecule is O=C(Nc1ccccc1Br)C1[C@@H]2[C@H]3CC[C@@H](C3)[C@H]12. The summed E-state index contributed by atoms with van der Waals surface area (Å²) in [5, 5.41) is 3.08. The van der Waals surface area contributed by atoms with Gasteiger partial charge >= 0.3 is 0 Å². The van der Waals surface area contributed by atoms with Gasteiger partial charge in [-0.15, -0.1) is 0 Å². The smallest absolute Gasteiger partial charge is 0.228 e. The Morgan fingerprint density at radius 1 is 1.17 bits per heavy atom. The van der Waals surface area contributed by atoms with Gasteiger partial charge in [0.1, 0.15) is 0 Å². The van der Waals surface area contributed by atoms with E-state index >= 15 is 0 Å². The van der Waals surface area contributed by atoms with Crippen LogP contribution in [0.4, 0.5) is 5.69 Å². The molecule has 4 rings (SSSR count). The number of halogens is 1. The summed E-state index contributed by atoms with van der Waals surface area (Å²) >= 11 is 3.48. The first-order valence-corrected chi connectivity index (χ1v) is 7.60. The molecule has 1 unspecified atom stereocenters. The Hall–Kier alpha value is -0.830. The van der Waals surface area contributed by atoms with E-state index in [9.17, 15) is 4.79 Å². The van der Waals surface area contributed by atoms with Gasteiger partial charge in [0.25, 0.3) is 0 Å². The lowest BCUT2D eigenvalue weighted by Gasteiger charge is -2.10. The first-order chi connectivity index (χ1) is 8.75. The van der Waals surface area contributed by atoms with Gasteiger partial charge in [0.05, 0.1) is 5.69 Å². The molecule has 0 aliphatic heterocycles. The fraction of sp³-hybridized carbons (Fsp3) is 0.533. The Morgan fingerprint density at radius 2 is 1.83 bits per heavy atom. The fourth-order valence-corrected chi connectivity index (χ4v) is 4.84. The van der Waals surface area contributed by atoms with Gasteiger partial charge in [0, 0.05) is 10.4 Å². The average molecular weight is 306 g/mol. The minimum Gasteiger partial charge on any atom is -0.325 e. The van der Waals surface area contributed by atoms with E-state index in [-0.39, 0.29) is 5.91 Å². The van der Waals surface area contributed by atoms with Crippen LogP contribution in [0.3, 0.4) is 0 Å². The molecule has 1 aromatic carbocycles. The summed E-state index contributed by atoms with van der Waals surface area (Å²) in [5.74, 6) is 3.69. The molecule has 0 radical (unpaired) electrons. The van der Waals surface area contributed by atoms with Crippen molar-refractivity contribution < 1.29 is 4.79 Å². The van der Waals surface area contributed by atoms with Crippen LogP contribution >= 0.6 is 15.9 Å². The third-order valence-electron chi connectivity index (χ3n) is 5.17. The van der Waals surface area contributed by atoms with Crippen molar-refractivity contribution in [3.8, 4) is 0 Å². The van der Waals surface area contributed by atoms with Gasteiger partial charge in [-0.25, -0.2) is 0 Å². The molecule has 1 aromatic rings. The number of fused-ring (bicyclic) bond motifs is 5. The van der Waals surface area contributed by atoms with E-state index < -0.39 is 0 Å². The molecule has 1 amide bonds. The number of amides is 1. The fourth-order valence-electron chi connectivity index (χ4n) is 4.45. The van der Waals surface area contributed by atoms with E-state index in [0.29, 0.717) is 17.8 Å². The molecule has 2 bridgehead atoms. The van der Waals surface area contributed by atoms with Crippen molar-refractivity contribution in [2.24, 2.45) is 29.6 Å². The summed E-state index contributed by atoms with van der Waals surface area (Å²) in [6, 6.07) is 7.84. The molecule has 0 saturated heterocycles. The van der Waals surface area contributed by atoms with Gasteiger partial charge in [-0.1, -0.05) is 12.1 Å². The minimum absolute atomic E-state index is 0.244. The zero-order chi connectivity index (χ0) is 12.3. The highest BCUT2D eigenvalue weighted by atomic mass is 79.9. The highest BCUT2D eigenvalue weighted by Crippen LogP contribution is 2.69. The molecule has 3 saturated carbocycles. The largest absolute Gasteiger partial charge is 0.325 e. The van der Waals surface area contributed by atoms with Crippen molar-refractivity contribution in [2.45, 2.75) is 19.3 Å². The minimum atomic E-state index is 0.244. The third kappa shape index (κ3) is 1.49. The Kier molecular flexibility index (Phi) is 2.35. The summed E-state index contributed by atoms with van der Waals surface area (Å²) < 4.78 is 0.965. The van der Waals surface area contributed by atoms with Crippen molar-refractivity contribution in [2.75, 3.05) is 5.32 Å². The lowest BCUT2D eigenvalue weighted by molar-refractivity contribution is -0.118. The van der Waals surface area contributed by atoms with E-state index in [1.165, 1.54) is 19.3 Å². The number of benzene rings is 1.